The third kappa shape index (κ3) is 2.42. The number of aromatic carboxylic acids is 1. The Morgan fingerprint density at radius 2 is 2.00 bits per heavy atom. The van der Waals surface area contributed by atoms with Crippen LogP contribution in [-0.4, -0.2) is 49.1 Å². The van der Waals surface area contributed by atoms with E-state index >= 15 is 0 Å². The number of pyridine rings is 1. The molecule has 0 unspecified atom stereocenters. The van der Waals surface area contributed by atoms with Crippen molar-refractivity contribution < 1.29 is 22.7 Å². The molecule has 0 aliphatic carbocycles. The van der Waals surface area contributed by atoms with E-state index in [9.17, 15) is 17.6 Å². The van der Waals surface area contributed by atoms with Crippen LogP contribution < -0.4 is 4.90 Å². The molecule has 0 radical (unpaired) electrons. The standard InChI is InChI=1S/C10H11FN2O4S/c11-8-7(10(14)15)1-2-12-9(8)13-3-5-18(16,17)6-4-13/h1-2H,3-6H2,(H,14,15). The van der Waals surface area contributed by atoms with Crippen LogP contribution in [0.4, 0.5) is 10.2 Å². The molecule has 2 rings (SSSR count). The van der Waals surface area contributed by atoms with Crippen molar-refractivity contribution in [1.29, 1.82) is 0 Å². The van der Waals surface area contributed by atoms with Crippen LogP contribution >= 0.6 is 0 Å². The number of hydrogen-bond donors (Lipinski definition) is 1. The average Bonchev–Trinajstić information content (AvgIpc) is 2.29. The number of anilines is 1. The Bertz CT molecular complexity index is 574. The number of carbonyl (C=O) groups is 1. The molecule has 1 fully saturated rings. The number of carboxylic acid groups (broad SMARTS) is 1. The zero-order valence-electron chi connectivity index (χ0n) is 9.34. The topological polar surface area (TPSA) is 87.6 Å². The molecule has 6 nitrogen and oxygen atoms in total. The zero-order valence-corrected chi connectivity index (χ0v) is 10.2. The van der Waals surface area contributed by atoms with Gasteiger partial charge in [-0.1, -0.05) is 0 Å². The lowest BCUT2D eigenvalue weighted by atomic mass is 10.2. The lowest BCUT2D eigenvalue weighted by Gasteiger charge is -2.28. The first-order valence-corrected chi connectivity index (χ1v) is 7.06. The molecule has 0 bridgehead atoms. The Balaban J connectivity index is 2.30. The van der Waals surface area contributed by atoms with Gasteiger partial charge >= 0.3 is 5.97 Å². The third-order valence-corrected chi connectivity index (χ3v) is 4.35. The fraction of sp³-hybridized carbons (Fsp3) is 0.400. The minimum Gasteiger partial charge on any atom is -0.478 e. The van der Waals surface area contributed by atoms with Gasteiger partial charge in [0.25, 0.3) is 0 Å². The molecule has 1 N–H and O–H groups in total. The molecule has 2 heterocycles. The number of aromatic nitrogens is 1. The summed E-state index contributed by atoms with van der Waals surface area (Å²) in [4.78, 5) is 16.0. The maximum absolute atomic E-state index is 13.9. The fourth-order valence-electron chi connectivity index (χ4n) is 1.74. The number of sulfone groups is 1. The highest BCUT2D eigenvalue weighted by Gasteiger charge is 2.26. The van der Waals surface area contributed by atoms with Gasteiger partial charge in [-0.05, 0) is 6.07 Å². The molecule has 0 aromatic carbocycles. The highest BCUT2D eigenvalue weighted by molar-refractivity contribution is 7.91. The van der Waals surface area contributed by atoms with Gasteiger partial charge in [0.2, 0.25) is 0 Å². The van der Waals surface area contributed by atoms with Crippen LogP contribution in [0, 0.1) is 5.82 Å². The summed E-state index contributed by atoms with van der Waals surface area (Å²) in [5.41, 5.74) is -0.464. The van der Waals surface area contributed by atoms with E-state index in [4.69, 9.17) is 5.11 Å². The van der Waals surface area contributed by atoms with Crippen molar-refractivity contribution in [2.75, 3.05) is 29.5 Å². The van der Waals surface area contributed by atoms with Gasteiger partial charge in [-0.25, -0.2) is 22.6 Å². The summed E-state index contributed by atoms with van der Waals surface area (Å²) in [6.45, 7) is 0.241. The van der Waals surface area contributed by atoms with Gasteiger partial charge in [-0.3, -0.25) is 0 Å². The summed E-state index contributed by atoms with van der Waals surface area (Å²) in [5, 5.41) is 8.79. The summed E-state index contributed by atoms with van der Waals surface area (Å²) >= 11 is 0. The monoisotopic (exact) mass is 274 g/mol. The second-order valence-corrected chi connectivity index (χ2v) is 6.24. The van der Waals surface area contributed by atoms with Crippen molar-refractivity contribution in [2.45, 2.75) is 0 Å². The Labute approximate surface area is 103 Å². The Hall–Kier alpha value is -1.70. The molecule has 8 heteroatoms. The van der Waals surface area contributed by atoms with Gasteiger partial charge in [0.05, 0.1) is 11.5 Å². The molecule has 1 saturated heterocycles. The third-order valence-electron chi connectivity index (χ3n) is 2.75. The number of halogens is 1. The van der Waals surface area contributed by atoms with E-state index in [1.165, 1.54) is 11.1 Å². The first-order chi connectivity index (χ1) is 8.41. The Kier molecular flexibility index (Phi) is 3.20. The number of rotatable bonds is 2. The molecule has 0 amide bonds. The number of carboxylic acids is 1. The van der Waals surface area contributed by atoms with Gasteiger partial charge < -0.3 is 10.0 Å². The predicted molar refractivity (Wildman–Crippen MR) is 62.0 cm³/mol. The van der Waals surface area contributed by atoms with Gasteiger partial charge in [-0.15, -0.1) is 0 Å². The second-order valence-electron chi connectivity index (χ2n) is 3.94. The van der Waals surface area contributed by atoms with Crippen molar-refractivity contribution >= 4 is 21.6 Å². The summed E-state index contributed by atoms with van der Waals surface area (Å²) in [5.74, 6) is -2.56. The van der Waals surface area contributed by atoms with Crippen LogP contribution in [0.5, 0.6) is 0 Å². The van der Waals surface area contributed by atoms with Gasteiger partial charge in [0, 0.05) is 19.3 Å². The first kappa shape index (κ1) is 12.7. The second kappa shape index (κ2) is 4.52. The van der Waals surface area contributed by atoms with Crippen molar-refractivity contribution in [3.8, 4) is 0 Å². The molecule has 0 atom stereocenters. The summed E-state index contributed by atoms with van der Waals surface area (Å²) in [6.07, 6.45) is 1.20. The van der Waals surface area contributed by atoms with E-state index in [1.54, 1.807) is 0 Å². The fourth-order valence-corrected chi connectivity index (χ4v) is 2.94. The number of hydrogen-bond acceptors (Lipinski definition) is 5. The lowest BCUT2D eigenvalue weighted by Crippen LogP contribution is -2.41. The van der Waals surface area contributed by atoms with E-state index in [0.29, 0.717) is 0 Å². The molecule has 18 heavy (non-hydrogen) atoms. The minimum atomic E-state index is -3.07. The van der Waals surface area contributed by atoms with Crippen molar-refractivity contribution in [3.05, 3.63) is 23.6 Å². The molecular formula is C10H11FN2O4S. The number of nitrogens with zero attached hydrogens (tertiary/aromatic N) is 2. The van der Waals surface area contributed by atoms with E-state index in [1.807, 2.05) is 0 Å². The van der Waals surface area contributed by atoms with E-state index in [2.05, 4.69) is 4.98 Å². The van der Waals surface area contributed by atoms with E-state index in [-0.39, 0.29) is 30.4 Å². The lowest BCUT2D eigenvalue weighted by molar-refractivity contribution is 0.0691. The van der Waals surface area contributed by atoms with Crippen molar-refractivity contribution in [3.63, 3.8) is 0 Å². The highest BCUT2D eigenvalue weighted by Crippen LogP contribution is 2.21. The SMILES string of the molecule is O=C(O)c1ccnc(N2CCS(=O)(=O)CC2)c1F. The predicted octanol–water partition coefficient (Wildman–Crippen LogP) is 0.154. The molecule has 0 spiro atoms. The van der Waals surface area contributed by atoms with Crippen molar-refractivity contribution in [1.82, 2.24) is 4.98 Å². The average molecular weight is 274 g/mol. The maximum Gasteiger partial charge on any atom is 0.338 e. The molecule has 1 aromatic rings. The zero-order chi connectivity index (χ0) is 13.3. The van der Waals surface area contributed by atoms with Crippen LogP contribution in [0.1, 0.15) is 10.4 Å². The van der Waals surface area contributed by atoms with E-state index in [0.717, 1.165) is 6.07 Å². The Morgan fingerprint density at radius 3 is 2.56 bits per heavy atom. The van der Waals surface area contributed by atoms with Crippen LogP contribution in [0.25, 0.3) is 0 Å². The van der Waals surface area contributed by atoms with E-state index < -0.39 is 27.2 Å². The summed E-state index contributed by atoms with van der Waals surface area (Å²) in [6, 6.07) is 1.07. The largest absolute Gasteiger partial charge is 0.478 e. The maximum atomic E-state index is 13.9. The first-order valence-electron chi connectivity index (χ1n) is 5.24. The van der Waals surface area contributed by atoms with Gasteiger partial charge in [0.15, 0.2) is 21.5 Å². The molecule has 0 saturated carbocycles. The van der Waals surface area contributed by atoms with Gasteiger partial charge in [0.1, 0.15) is 5.56 Å². The quantitative estimate of drug-likeness (QED) is 0.826. The Morgan fingerprint density at radius 1 is 1.39 bits per heavy atom. The smallest absolute Gasteiger partial charge is 0.338 e. The molecule has 1 aliphatic rings. The van der Waals surface area contributed by atoms with Crippen LogP contribution in [0.15, 0.2) is 12.3 Å². The molecular weight excluding hydrogens is 263 g/mol. The summed E-state index contributed by atoms with van der Waals surface area (Å²) in [7, 11) is -3.07. The van der Waals surface area contributed by atoms with Crippen LogP contribution in [0.2, 0.25) is 0 Å². The molecule has 98 valence electrons. The van der Waals surface area contributed by atoms with Gasteiger partial charge in [-0.2, -0.15) is 0 Å². The molecule has 1 aliphatic heterocycles. The highest BCUT2D eigenvalue weighted by atomic mass is 32.2. The molecule has 1 aromatic heterocycles. The summed E-state index contributed by atoms with van der Waals surface area (Å²) < 4.78 is 36.4. The van der Waals surface area contributed by atoms with Crippen LogP contribution in [0.3, 0.4) is 0 Å². The minimum absolute atomic E-state index is 0.0780. The van der Waals surface area contributed by atoms with Crippen LogP contribution in [-0.2, 0) is 9.84 Å². The van der Waals surface area contributed by atoms with Crippen molar-refractivity contribution in [2.24, 2.45) is 0 Å². The normalized spacial score (nSPS) is 18.6.